The molecule has 0 saturated carbocycles. The molecule has 2 saturated heterocycles. The molecule has 23 heavy (non-hydrogen) atoms. The summed E-state index contributed by atoms with van der Waals surface area (Å²) in [6.45, 7) is 6.06. The van der Waals surface area contributed by atoms with E-state index < -0.39 is 0 Å². The number of rotatable bonds is 5. The van der Waals surface area contributed by atoms with Gasteiger partial charge in [-0.15, -0.1) is 11.3 Å². The lowest BCUT2D eigenvalue weighted by Crippen LogP contribution is -2.49. The molecule has 0 N–H and O–H groups in total. The third kappa shape index (κ3) is 3.77. The van der Waals surface area contributed by atoms with Crippen molar-refractivity contribution in [2.24, 2.45) is 0 Å². The summed E-state index contributed by atoms with van der Waals surface area (Å²) >= 11 is 1.75. The van der Waals surface area contributed by atoms with Crippen LogP contribution in [0.1, 0.15) is 17.1 Å². The van der Waals surface area contributed by atoms with Crippen molar-refractivity contribution in [1.29, 1.82) is 0 Å². The number of aromatic nitrogens is 2. The minimum absolute atomic E-state index is 0.335. The van der Waals surface area contributed by atoms with E-state index >= 15 is 0 Å². The van der Waals surface area contributed by atoms with E-state index in [1.165, 1.54) is 5.01 Å². The van der Waals surface area contributed by atoms with Crippen LogP contribution in [0.2, 0.25) is 0 Å². The topological polar surface area (TPSA) is 41.5 Å². The van der Waals surface area contributed by atoms with Gasteiger partial charge in [-0.1, -0.05) is 6.07 Å². The Morgan fingerprint density at radius 3 is 3.00 bits per heavy atom. The Morgan fingerprint density at radius 1 is 1.17 bits per heavy atom. The first-order valence-electron chi connectivity index (χ1n) is 8.23. The van der Waals surface area contributed by atoms with Gasteiger partial charge in [0.25, 0.3) is 0 Å². The smallest absolute Gasteiger partial charge is 0.107 e. The van der Waals surface area contributed by atoms with E-state index in [1.54, 1.807) is 11.3 Å². The van der Waals surface area contributed by atoms with E-state index in [2.05, 4.69) is 25.1 Å². The van der Waals surface area contributed by atoms with Crippen LogP contribution in [-0.4, -0.2) is 58.1 Å². The normalized spacial score (nSPS) is 25.6. The Balaban J connectivity index is 1.27. The van der Waals surface area contributed by atoms with Gasteiger partial charge < -0.3 is 4.74 Å². The molecule has 2 aliphatic rings. The Labute approximate surface area is 140 Å². The molecule has 0 aromatic carbocycles. The lowest BCUT2D eigenvalue weighted by molar-refractivity contribution is 0.0440. The number of nitrogens with zero attached hydrogens (tertiary/aromatic N) is 4. The molecule has 6 heteroatoms. The van der Waals surface area contributed by atoms with Gasteiger partial charge in [0.2, 0.25) is 0 Å². The highest BCUT2D eigenvalue weighted by atomic mass is 32.1. The fourth-order valence-electron chi connectivity index (χ4n) is 3.53. The van der Waals surface area contributed by atoms with Crippen molar-refractivity contribution < 1.29 is 4.74 Å². The fourth-order valence-corrected chi connectivity index (χ4v) is 4.19. The van der Waals surface area contributed by atoms with Crippen LogP contribution >= 0.6 is 11.3 Å². The van der Waals surface area contributed by atoms with E-state index in [1.807, 2.05) is 30.6 Å². The molecule has 0 spiro atoms. The lowest BCUT2D eigenvalue weighted by Gasteiger charge is -2.36. The van der Waals surface area contributed by atoms with Gasteiger partial charge >= 0.3 is 0 Å². The minimum Gasteiger partial charge on any atom is -0.371 e. The molecule has 2 fully saturated rings. The van der Waals surface area contributed by atoms with Crippen molar-refractivity contribution in [3.8, 4) is 0 Å². The van der Waals surface area contributed by atoms with Gasteiger partial charge in [-0.25, -0.2) is 4.98 Å². The molecule has 122 valence electrons. The van der Waals surface area contributed by atoms with E-state index in [4.69, 9.17) is 4.74 Å². The second-order valence-electron chi connectivity index (χ2n) is 6.30. The average molecular weight is 330 g/mol. The molecule has 2 aromatic heterocycles. The van der Waals surface area contributed by atoms with E-state index in [0.29, 0.717) is 18.8 Å². The van der Waals surface area contributed by atoms with Crippen molar-refractivity contribution in [1.82, 2.24) is 19.8 Å². The quantitative estimate of drug-likeness (QED) is 0.839. The van der Waals surface area contributed by atoms with E-state index in [9.17, 15) is 0 Å². The summed E-state index contributed by atoms with van der Waals surface area (Å²) in [6.07, 6.45) is 5.18. The van der Waals surface area contributed by atoms with Crippen LogP contribution in [-0.2, 0) is 17.9 Å². The number of hydrogen-bond donors (Lipinski definition) is 0. The third-order valence-corrected chi connectivity index (χ3v) is 5.46. The molecule has 2 aromatic rings. The van der Waals surface area contributed by atoms with Crippen molar-refractivity contribution in [3.05, 3.63) is 46.7 Å². The van der Waals surface area contributed by atoms with Gasteiger partial charge in [-0.05, 0) is 18.6 Å². The number of hydrogen-bond acceptors (Lipinski definition) is 6. The van der Waals surface area contributed by atoms with Gasteiger partial charge in [0.05, 0.1) is 24.9 Å². The summed E-state index contributed by atoms with van der Waals surface area (Å²) in [5.41, 5.74) is 1.02. The Kier molecular flexibility index (Phi) is 4.66. The first-order chi connectivity index (χ1) is 11.4. The highest BCUT2D eigenvalue weighted by Crippen LogP contribution is 2.25. The summed E-state index contributed by atoms with van der Waals surface area (Å²) in [5, 5.41) is 3.28. The largest absolute Gasteiger partial charge is 0.371 e. The second-order valence-corrected chi connectivity index (χ2v) is 7.28. The van der Waals surface area contributed by atoms with Crippen LogP contribution in [0.4, 0.5) is 0 Å². The van der Waals surface area contributed by atoms with Gasteiger partial charge in [-0.3, -0.25) is 14.8 Å². The summed E-state index contributed by atoms with van der Waals surface area (Å²) in [7, 11) is 0. The van der Waals surface area contributed by atoms with E-state index in [0.717, 1.165) is 44.8 Å². The van der Waals surface area contributed by atoms with Crippen LogP contribution in [0, 0.1) is 0 Å². The highest BCUT2D eigenvalue weighted by molar-refractivity contribution is 7.09. The third-order valence-electron chi connectivity index (χ3n) is 4.70. The van der Waals surface area contributed by atoms with Crippen LogP contribution in [0.25, 0.3) is 0 Å². The molecule has 2 atom stereocenters. The van der Waals surface area contributed by atoms with Crippen molar-refractivity contribution in [2.75, 3.05) is 26.2 Å². The first kappa shape index (κ1) is 15.2. The Morgan fingerprint density at radius 2 is 2.17 bits per heavy atom. The monoisotopic (exact) mass is 330 g/mol. The maximum atomic E-state index is 6.09. The average Bonchev–Trinajstić information content (AvgIpc) is 3.23. The molecule has 4 rings (SSSR count). The van der Waals surface area contributed by atoms with Crippen LogP contribution in [0.5, 0.6) is 0 Å². The molecule has 4 heterocycles. The van der Waals surface area contributed by atoms with Gasteiger partial charge in [0.1, 0.15) is 5.01 Å². The zero-order valence-electron chi connectivity index (χ0n) is 13.2. The number of pyridine rings is 1. The Bertz CT molecular complexity index is 606. The van der Waals surface area contributed by atoms with E-state index in [-0.39, 0.29) is 0 Å². The van der Waals surface area contributed by atoms with Gasteiger partial charge in [0.15, 0.2) is 0 Å². The van der Waals surface area contributed by atoms with Crippen LogP contribution in [0.15, 0.2) is 36.0 Å². The first-order valence-corrected chi connectivity index (χ1v) is 9.11. The second kappa shape index (κ2) is 7.05. The van der Waals surface area contributed by atoms with Crippen LogP contribution in [0.3, 0.4) is 0 Å². The predicted molar refractivity (Wildman–Crippen MR) is 90.2 cm³/mol. The molecule has 5 nitrogen and oxygen atoms in total. The molecule has 0 bridgehead atoms. The summed E-state index contributed by atoms with van der Waals surface area (Å²) in [5.74, 6) is 0. The molecule has 2 aliphatic heterocycles. The number of ether oxygens (including phenoxy) is 1. The molecule has 0 unspecified atom stereocenters. The summed E-state index contributed by atoms with van der Waals surface area (Å²) < 4.78 is 6.09. The van der Waals surface area contributed by atoms with Gasteiger partial charge in [-0.2, -0.15) is 0 Å². The number of thiazole rings is 1. The highest BCUT2D eigenvalue weighted by Gasteiger charge is 2.36. The zero-order valence-corrected chi connectivity index (χ0v) is 14.0. The number of piperazine rings is 1. The van der Waals surface area contributed by atoms with Crippen molar-refractivity contribution in [3.63, 3.8) is 0 Å². The molecular formula is C17H22N4OS. The van der Waals surface area contributed by atoms with Gasteiger partial charge in [0, 0.05) is 50.0 Å². The summed E-state index contributed by atoms with van der Waals surface area (Å²) in [6, 6.07) is 6.60. The molecule has 0 aliphatic carbocycles. The fraction of sp³-hybridized carbons (Fsp3) is 0.529. The minimum atomic E-state index is 0.335. The number of fused-ring (bicyclic) bond motifs is 1. The zero-order chi connectivity index (χ0) is 15.5. The molecular weight excluding hydrogens is 308 g/mol. The summed E-state index contributed by atoms with van der Waals surface area (Å²) in [4.78, 5) is 13.9. The Hall–Kier alpha value is -1.34. The van der Waals surface area contributed by atoms with Crippen molar-refractivity contribution in [2.45, 2.75) is 31.7 Å². The van der Waals surface area contributed by atoms with Crippen LogP contribution < -0.4 is 0 Å². The lowest BCUT2D eigenvalue weighted by atomic mass is 10.1. The standard InChI is InChI=1S/C17H22N4OS/c1-2-4-18-14(3-1)13-22-16-9-15-10-20(6-7-21(15)11-16)12-17-19-5-8-23-17/h1-5,8,15-16H,6-7,9-13H2/t15-,16+/m0/s1. The van der Waals surface area contributed by atoms with Crippen molar-refractivity contribution >= 4 is 11.3 Å². The maximum absolute atomic E-state index is 6.09. The SMILES string of the molecule is c1ccc(CO[C@@H]2C[C@H]3CN(Cc4nccs4)CCN3C2)nc1. The molecule has 0 amide bonds. The maximum Gasteiger partial charge on any atom is 0.107 e. The predicted octanol–water partition coefficient (Wildman–Crippen LogP) is 2.01. The molecule has 0 radical (unpaired) electrons.